The van der Waals surface area contributed by atoms with Crippen LogP contribution in [0.25, 0.3) is 0 Å². The number of rotatable bonds is 4. The highest BCUT2D eigenvalue weighted by molar-refractivity contribution is 6.14. The number of hydrogen-bond donors (Lipinski definition) is 2. The zero-order valence-corrected chi connectivity index (χ0v) is 14.8. The summed E-state index contributed by atoms with van der Waals surface area (Å²) in [6.07, 6.45) is 0. The zero-order chi connectivity index (χ0) is 19.0. The Kier molecular flexibility index (Phi) is 4.02. The zero-order valence-electron chi connectivity index (χ0n) is 14.8. The van der Waals surface area contributed by atoms with Crippen LogP contribution in [-0.4, -0.2) is 25.4 Å². The minimum absolute atomic E-state index is 0.149. The SMILES string of the molecule is CC(C)(C(=O)Nc1ccc2c(c1)OCO2)C(=O)Nc1ccc2c(c1)OCO2. The molecule has 2 N–H and O–H groups in total. The van der Waals surface area contributed by atoms with E-state index in [9.17, 15) is 9.59 Å². The summed E-state index contributed by atoms with van der Waals surface area (Å²) in [5.74, 6) is 1.45. The average Bonchev–Trinajstić information content (AvgIpc) is 3.29. The number of fused-ring (bicyclic) bond motifs is 2. The molecule has 0 fully saturated rings. The van der Waals surface area contributed by atoms with E-state index in [1.807, 2.05) is 0 Å². The minimum Gasteiger partial charge on any atom is -0.454 e. The number of carbonyl (C=O) groups is 2. The Balaban J connectivity index is 1.45. The molecule has 2 aliphatic rings. The van der Waals surface area contributed by atoms with Gasteiger partial charge >= 0.3 is 0 Å². The molecule has 2 aliphatic heterocycles. The lowest BCUT2D eigenvalue weighted by Gasteiger charge is -2.23. The smallest absolute Gasteiger partial charge is 0.239 e. The Morgan fingerprint density at radius 3 is 1.59 bits per heavy atom. The van der Waals surface area contributed by atoms with Gasteiger partial charge in [-0.25, -0.2) is 0 Å². The summed E-state index contributed by atoms with van der Waals surface area (Å²) >= 11 is 0. The number of nitrogens with one attached hydrogen (secondary N) is 2. The van der Waals surface area contributed by atoms with E-state index >= 15 is 0 Å². The monoisotopic (exact) mass is 370 g/mol. The molecule has 140 valence electrons. The molecule has 8 heteroatoms. The van der Waals surface area contributed by atoms with Gasteiger partial charge in [-0.1, -0.05) is 0 Å². The largest absolute Gasteiger partial charge is 0.454 e. The van der Waals surface area contributed by atoms with Crippen molar-refractivity contribution in [3.63, 3.8) is 0 Å². The van der Waals surface area contributed by atoms with Crippen LogP contribution in [-0.2, 0) is 9.59 Å². The first-order valence-electron chi connectivity index (χ1n) is 8.36. The molecule has 2 heterocycles. The highest BCUT2D eigenvalue weighted by atomic mass is 16.7. The van der Waals surface area contributed by atoms with E-state index in [-0.39, 0.29) is 13.6 Å². The van der Waals surface area contributed by atoms with Crippen molar-refractivity contribution >= 4 is 23.2 Å². The van der Waals surface area contributed by atoms with Crippen LogP contribution in [0, 0.1) is 5.41 Å². The fourth-order valence-corrected chi connectivity index (χ4v) is 2.63. The topological polar surface area (TPSA) is 95.1 Å². The van der Waals surface area contributed by atoms with Crippen LogP contribution in [0.5, 0.6) is 23.0 Å². The van der Waals surface area contributed by atoms with Gasteiger partial charge in [-0.2, -0.15) is 0 Å². The Morgan fingerprint density at radius 2 is 1.15 bits per heavy atom. The number of benzene rings is 2. The highest BCUT2D eigenvalue weighted by Gasteiger charge is 2.36. The third-order valence-electron chi connectivity index (χ3n) is 4.40. The van der Waals surface area contributed by atoms with Crippen LogP contribution in [0.15, 0.2) is 36.4 Å². The fraction of sp³-hybridized carbons (Fsp3) is 0.263. The number of anilines is 2. The second-order valence-electron chi connectivity index (χ2n) is 6.67. The van der Waals surface area contributed by atoms with Crippen LogP contribution >= 0.6 is 0 Å². The normalized spacial score (nSPS) is 14.0. The van der Waals surface area contributed by atoms with E-state index < -0.39 is 17.2 Å². The summed E-state index contributed by atoms with van der Waals surface area (Å²) in [7, 11) is 0. The first kappa shape index (κ1) is 17.0. The minimum atomic E-state index is -1.31. The first-order chi connectivity index (χ1) is 12.9. The Hall–Kier alpha value is -3.42. The van der Waals surface area contributed by atoms with Crippen molar-refractivity contribution in [2.24, 2.45) is 5.41 Å². The number of ether oxygens (including phenoxy) is 4. The molecule has 0 bridgehead atoms. The van der Waals surface area contributed by atoms with Crippen LogP contribution < -0.4 is 29.6 Å². The Morgan fingerprint density at radius 1 is 0.741 bits per heavy atom. The van der Waals surface area contributed by atoms with Gasteiger partial charge in [-0.15, -0.1) is 0 Å². The summed E-state index contributed by atoms with van der Waals surface area (Å²) in [5.41, 5.74) is -0.270. The number of hydrogen-bond acceptors (Lipinski definition) is 6. The molecule has 2 aromatic rings. The summed E-state index contributed by atoms with van der Waals surface area (Å²) in [4.78, 5) is 25.3. The lowest BCUT2D eigenvalue weighted by molar-refractivity contribution is -0.135. The lowest BCUT2D eigenvalue weighted by Crippen LogP contribution is -2.41. The third-order valence-corrected chi connectivity index (χ3v) is 4.40. The van der Waals surface area contributed by atoms with Crippen LogP contribution in [0.2, 0.25) is 0 Å². The maximum atomic E-state index is 12.7. The lowest BCUT2D eigenvalue weighted by atomic mass is 9.90. The summed E-state index contributed by atoms with van der Waals surface area (Å²) in [6.45, 7) is 3.40. The molecule has 0 atom stereocenters. The molecule has 8 nitrogen and oxygen atoms in total. The maximum absolute atomic E-state index is 12.7. The van der Waals surface area contributed by atoms with E-state index in [0.29, 0.717) is 34.4 Å². The summed E-state index contributed by atoms with van der Waals surface area (Å²) in [5, 5.41) is 5.48. The van der Waals surface area contributed by atoms with Gasteiger partial charge in [-0.3, -0.25) is 9.59 Å². The molecule has 2 amide bonds. The predicted molar refractivity (Wildman–Crippen MR) is 96.2 cm³/mol. The van der Waals surface area contributed by atoms with E-state index in [1.54, 1.807) is 50.2 Å². The van der Waals surface area contributed by atoms with E-state index in [4.69, 9.17) is 18.9 Å². The molecule has 0 radical (unpaired) electrons. The number of amides is 2. The highest BCUT2D eigenvalue weighted by Crippen LogP contribution is 2.36. The third kappa shape index (κ3) is 3.21. The van der Waals surface area contributed by atoms with Gasteiger partial charge in [0.05, 0.1) is 0 Å². The maximum Gasteiger partial charge on any atom is 0.239 e. The van der Waals surface area contributed by atoms with Gasteiger partial charge < -0.3 is 29.6 Å². The van der Waals surface area contributed by atoms with Crippen molar-refractivity contribution in [1.29, 1.82) is 0 Å². The molecule has 0 saturated carbocycles. The van der Waals surface area contributed by atoms with E-state index in [2.05, 4.69) is 10.6 Å². The van der Waals surface area contributed by atoms with Crippen LogP contribution in [0.4, 0.5) is 11.4 Å². The van der Waals surface area contributed by atoms with Crippen molar-refractivity contribution in [1.82, 2.24) is 0 Å². The van der Waals surface area contributed by atoms with Crippen molar-refractivity contribution in [3.8, 4) is 23.0 Å². The molecule has 0 spiro atoms. The van der Waals surface area contributed by atoms with Gasteiger partial charge in [0.15, 0.2) is 23.0 Å². The summed E-state index contributed by atoms with van der Waals surface area (Å²) in [6, 6.07) is 10.1. The quantitative estimate of drug-likeness (QED) is 0.804. The Labute approximate surface area is 155 Å². The van der Waals surface area contributed by atoms with Gasteiger partial charge in [0.25, 0.3) is 0 Å². The molecule has 0 aromatic heterocycles. The van der Waals surface area contributed by atoms with Crippen LogP contribution in [0.1, 0.15) is 13.8 Å². The van der Waals surface area contributed by atoms with Crippen LogP contribution in [0.3, 0.4) is 0 Å². The molecule has 0 aliphatic carbocycles. The average molecular weight is 370 g/mol. The van der Waals surface area contributed by atoms with Gasteiger partial charge in [0.1, 0.15) is 5.41 Å². The molecule has 0 saturated heterocycles. The molecule has 4 rings (SSSR count). The molecule has 27 heavy (non-hydrogen) atoms. The van der Waals surface area contributed by atoms with Gasteiger partial charge in [0.2, 0.25) is 25.4 Å². The van der Waals surface area contributed by atoms with Crippen molar-refractivity contribution in [2.75, 3.05) is 24.2 Å². The van der Waals surface area contributed by atoms with E-state index in [0.717, 1.165) is 0 Å². The molecular formula is C19H18N2O6. The molecule has 2 aromatic carbocycles. The Bertz CT molecular complexity index is 851. The van der Waals surface area contributed by atoms with Crippen molar-refractivity contribution in [2.45, 2.75) is 13.8 Å². The fourth-order valence-electron chi connectivity index (χ4n) is 2.63. The standard InChI is InChI=1S/C19H18N2O6/c1-19(2,17(22)20-11-3-5-13-15(7-11)26-9-24-13)18(23)21-12-4-6-14-16(8-12)27-10-25-14/h3-8H,9-10H2,1-2H3,(H,20,22)(H,21,23). The van der Waals surface area contributed by atoms with E-state index in [1.165, 1.54) is 0 Å². The second kappa shape index (κ2) is 6.39. The molecular weight excluding hydrogens is 352 g/mol. The van der Waals surface area contributed by atoms with Crippen molar-refractivity contribution < 1.29 is 28.5 Å². The van der Waals surface area contributed by atoms with Gasteiger partial charge in [0, 0.05) is 23.5 Å². The first-order valence-corrected chi connectivity index (χ1v) is 8.36. The van der Waals surface area contributed by atoms with Gasteiger partial charge in [-0.05, 0) is 38.1 Å². The molecule has 0 unspecified atom stereocenters. The number of carbonyl (C=O) groups excluding carboxylic acids is 2. The predicted octanol–water partition coefficient (Wildman–Crippen LogP) is 2.75. The second-order valence-corrected chi connectivity index (χ2v) is 6.67. The van der Waals surface area contributed by atoms with Crippen molar-refractivity contribution in [3.05, 3.63) is 36.4 Å². The summed E-state index contributed by atoms with van der Waals surface area (Å²) < 4.78 is 21.1.